The second kappa shape index (κ2) is 22.8. The van der Waals surface area contributed by atoms with Crippen LogP contribution in [0.25, 0.3) is 0 Å². The van der Waals surface area contributed by atoms with E-state index in [9.17, 15) is 9.46 Å². The zero-order valence-electron chi connectivity index (χ0n) is 25.6. The Balaban J connectivity index is 1.51. The molecule has 2 unspecified atom stereocenters. The van der Waals surface area contributed by atoms with Gasteiger partial charge in [0.2, 0.25) is 0 Å². The molecule has 0 N–H and O–H groups in total. The Labute approximate surface area is 249 Å². The molecule has 7 nitrogen and oxygen atoms in total. The third-order valence-corrected chi connectivity index (χ3v) is 7.95. The van der Waals surface area contributed by atoms with Crippen molar-refractivity contribution in [2.45, 2.75) is 116 Å². The van der Waals surface area contributed by atoms with Crippen molar-refractivity contribution in [3.63, 3.8) is 0 Å². The van der Waals surface area contributed by atoms with Gasteiger partial charge in [-0.2, -0.15) is 0 Å². The summed E-state index contributed by atoms with van der Waals surface area (Å²) in [4.78, 5) is 12.4. The fourth-order valence-corrected chi connectivity index (χ4v) is 5.51. The van der Waals surface area contributed by atoms with Crippen molar-refractivity contribution >= 4 is 7.82 Å². The van der Waals surface area contributed by atoms with E-state index in [-0.39, 0.29) is 19.0 Å². The van der Waals surface area contributed by atoms with Crippen molar-refractivity contribution in [1.82, 2.24) is 0 Å². The number of hydrogen-bond donors (Lipinski definition) is 0. The largest absolute Gasteiger partial charge is 0.746 e. The van der Waals surface area contributed by atoms with E-state index < -0.39 is 13.9 Å². The monoisotopic (exact) mass is 591 g/mol. The number of ether oxygens (including phenoxy) is 2. The number of benzene rings is 1. The van der Waals surface area contributed by atoms with Crippen LogP contribution in [0, 0.1) is 0 Å². The van der Waals surface area contributed by atoms with Crippen molar-refractivity contribution in [2.75, 3.05) is 26.4 Å². The molecule has 0 saturated heterocycles. The third-order valence-electron chi connectivity index (χ3n) is 7.05. The van der Waals surface area contributed by atoms with E-state index >= 15 is 0 Å². The molecule has 41 heavy (non-hydrogen) atoms. The molecule has 0 bridgehead atoms. The van der Waals surface area contributed by atoms with Crippen LogP contribution in [0.3, 0.4) is 0 Å². The van der Waals surface area contributed by atoms with E-state index in [1.807, 2.05) is 54.2 Å². The molecule has 0 aliphatic rings. The van der Waals surface area contributed by atoms with E-state index in [1.165, 1.54) is 77.0 Å². The lowest BCUT2D eigenvalue weighted by Gasteiger charge is -2.26. The number of nitrogens with zero attached hydrogens (tertiary/aromatic N) is 1. The van der Waals surface area contributed by atoms with Crippen LogP contribution in [0.1, 0.15) is 109 Å². The summed E-state index contributed by atoms with van der Waals surface area (Å²) in [5, 5.41) is 0. The number of pyridine rings is 1. The lowest BCUT2D eigenvalue weighted by Crippen LogP contribution is -2.32. The quantitative estimate of drug-likeness (QED) is 0.0631. The summed E-state index contributed by atoms with van der Waals surface area (Å²) in [6.07, 6.45) is 21.9. The van der Waals surface area contributed by atoms with Crippen molar-refractivity contribution in [3.05, 3.63) is 60.4 Å². The van der Waals surface area contributed by atoms with Gasteiger partial charge in [0, 0.05) is 30.9 Å². The lowest BCUT2D eigenvalue weighted by atomic mass is 10.0. The van der Waals surface area contributed by atoms with Crippen LogP contribution in [-0.4, -0.2) is 32.5 Å². The molecule has 0 aliphatic carbocycles. The molecule has 1 aromatic heterocycles. The van der Waals surface area contributed by atoms with E-state index in [0.717, 1.165) is 18.4 Å². The van der Waals surface area contributed by atoms with Gasteiger partial charge >= 0.3 is 7.82 Å². The minimum absolute atomic E-state index is 0.143. The second-order valence-corrected chi connectivity index (χ2v) is 12.1. The van der Waals surface area contributed by atoms with Gasteiger partial charge in [-0.1, -0.05) is 96.5 Å². The minimum atomic E-state index is -4.54. The maximum Gasteiger partial charge on any atom is 0.319 e. The van der Waals surface area contributed by atoms with Gasteiger partial charge in [0.05, 0.1) is 13.2 Å². The predicted molar refractivity (Wildman–Crippen MR) is 163 cm³/mol. The summed E-state index contributed by atoms with van der Waals surface area (Å²) in [6.45, 7) is 6.05. The van der Waals surface area contributed by atoms with Gasteiger partial charge in [0.1, 0.15) is 11.9 Å². The molecule has 0 saturated carbocycles. The molecule has 2 aromatic rings. The Bertz CT molecular complexity index is 927. The van der Waals surface area contributed by atoms with Crippen molar-refractivity contribution < 1.29 is 32.5 Å². The van der Waals surface area contributed by atoms with E-state index in [4.69, 9.17) is 18.5 Å². The number of phosphoric acid groups is 1. The molecule has 2 atom stereocenters. The fraction of sp³-hybridized carbons (Fsp3) is 0.667. The first kappa shape index (κ1) is 35.4. The van der Waals surface area contributed by atoms with Crippen LogP contribution in [0.5, 0.6) is 5.75 Å². The lowest BCUT2D eigenvalue weighted by molar-refractivity contribution is -0.688. The highest BCUT2D eigenvalue weighted by Crippen LogP contribution is 2.39. The SMILES string of the molecule is CCCCCCCCCCCCCCCCOCC(COP(=O)([O-])Oc1ccc(C[n+]2ccccc2)cc1)OCC. The Kier molecular flexibility index (Phi) is 19.7. The van der Waals surface area contributed by atoms with Crippen molar-refractivity contribution in [1.29, 1.82) is 0 Å². The Morgan fingerprint density at radius 2 is 1.32 bits per heavy atom. The van der Waals surface area contributed by atoms with Crippen LogP contribution in [-0.2, 0) is 25.1 Å². The van der Waals surface area contributed by atoms with Gasteiger partial charge in [-0.05, 0) is 37.6 Å². The number of phosphoric ester groups is 1. The van der Waals surface area contributed by atoms with Crippen LogP contribution in [0.4, 0.5) is 0 Å². The van der Waals surface area contributed by atoms with Crippen LogP contribution in [0.15, 0.2) is 54.9 Å². The standard InChI is InChI=1S/C33H54NO6P/c1-3-5-6-7-8-9-10-11-12-13-14-15-16-20-27-37-29-33(38-4-2)30-39-41(35,36)40-32-23-21-31(22-24-32)28-34-25-18-17-19-26-34/h17-19,21-26,33H,3-16,20,27-30H2,1-2H3. The number of rotatable bonds is 26. The zero-order chi connectivity index (χ0) is 29.4. The second-order valence-electron chi connectivity index (χ2n) is 10.8. The number of unbranched alkanes of at least 4 members (excludes halogenated alkanes) is 13. The first-order valence-electron chi connectivity index (χ1n) is 15.9. The van der Waals surface area contributed by atoms with Gasteiger partial charge < -0.3 is 23.4 Å². The summed E-state index contributed by atoms with van der Waals surface area (Å²) in [7, 11) is -4.54. The highest BCUT2D eigenvalue weighted by Gasteiger charge is 2.17. The maximum atomic E-state index is 12.4. The van der Waals surface area contributed by atoms with Crippen LogP contribution in [0.2, 0.25) is 0 Å². The summed E-state index contributed by atoms with van der Waals surface area (Å²) in [5.41, 5.74) is 1.03. The fourth-order valence-electron chi connectivity index (χ4n) is 4.73. The molecule has 8 heteroatoms. The van der Waals surface area contributed by atoms with Gasteiger partial charge in [-0.3, -0.25) is 4.57 Å². The number of aromatic nitrogens is 1. The third kappa shape index (κ3) is 18.4. The van der Waals surface area contributed by atoms with Gasteiger partial charge in [-0.15, -0.1) is 0 Å². The zero-order valence-corrected chi connectivity index (χ0v) is 26.4. The highest BCUT2D eigenvalue weighted by atomic mass is 31.2. The molecule has 0 aliphatic heterocycles. The predicted octanol–water partition coefficient (Wildman–Crippen LogP) is 7.79. The summed E-state index contributed by atoms with van der Waals surface area (Å²) >= 11 is 0. The normalized spacial score (nSPS) is 13.6. The molecular weight excluding hydrogens is 537 g/mol. The Morgan fingerprint density at radius 1 is 0.756 bits per heavy atom. The first-order valence-corrected chi connectivity index (χ1v) is 17.4. The average molecular weight is 592 g/mol. The summed E-state index contributed by atoms with van der Waals surface area (Å²) < 4.78 is 36.1. The van der Waals surface area contributed by atoms with E-state index in [0.29, 0.717) is 19.8 Å². The highest BCUT2D eigenvalue weighted by molar-refractivity contribution is 7.46. The molecule has 0 spiro atoms. The molecule has 0 amide bonds. The molecule has 1 aromatic carbocycles. The smallest absolute Gasteiger partial charge is 0.319 e. The Hall–Kier alpha value is -1.76. The molecule has 0 fully saturated rings. The molecule has 1 heterocycles. The average Bonchev–Trinajstić information content (AvgIpc) is 2.97. The minimum Gasteiger partial charge on any atom is -0.746 e. The number of hydrogen-bond acceptors (Lipinski definition) is 6. The van der Waals surface area contributed by atoms with Crippen molar-refractivity contribution in [3.8, 4) is 5.75 Å². The topological polar surface area (TPSA) is 80.9 Å². The summed E-state index contributed by atoms with van der Waals surface area (Å²) in [6, 6.07) is 12.8. The van der Waals surface area contributed by atoms with Crippen molar-refractivity contribution in [2.24, 2.45) is 0 Å². The summed E-state index contributed by atoms with van der Waals surface area (Å²) in [5.74, 6) is 0.215. The van der Waals surface area contributed by atoms with Crippen LogP contribution >= 0.6 is 7.82 Å². The molecular formula is C33H54NO6P. The van der Waals surface area contributed by atoms with Gasteiger partial charge in [-0.25, -0.2) is 4.57 Å². The molecule has 232 valence electrons. The first-order chi connectivity index (χ1) is 20.0. The van der Waals surface area contributed by atoms with E-state index in [2.05, 4.69) is 6.92 Å². The molecule has 0 radical (unpaired) electrons. The van der Waals surface area contributed by atoms with E-state index in [1.54, 1.807) is 12.1 Å². The van der Waals surface area contributed by atoms with Crippen LogP contribution < -0.4 is 14.0 Å². The van der Waals surface area contributed by atoms with Gasteiger partial charge in [0.15, 0.2) is 18.9 Å². The Morgan fingerprint density at radius 3 is 1.88 bits per heavy atom. The van der Waals surface area contributed by atoms with Gasteiger partial charge in [0.25, 0.3) is 0 Å². The molecule has 2 rings (SSSR count). The maximum absolute atomic E-state index is 12.4.